The Morgan fingerprint density at radius 1 is 0.920 bits per heavy atom. The van der Waals surface area contributed by atoms with Gasteiger partial charge >= 0.3 is 0 Å². The number of ether oxygens (including phenoxy) is 1. The number of nitrogens with one attached hydrogen (secondary N) is 1. The second-order valence-corrected chi connectivity index (χ2v) is 6.56. The van der Waals surface area contributed by atoms with E-state index in [9.17, 15) is 0 Å². The quantitative estimate of drug-likeness (QED) is 0.737. The van der Waals surface area contributed by atoms with Crippen LogP contribution in [0.1, 0.15) is 28.3 Å². The van der Waals surface area contributed by atoms with E-state index >= 15 is 0 Å². The Kier molecular flexibility index (Phi) is 4.29. The van der Waals surface area contributed by atoms with Crippen molar-refractivity contribution >= 4 is 0 Å². The molecule has 0 saturated carbocycles. The molecule has 25 heavy (non-hydrogen) atoms. The third-order valence-electron chi connectivity index (χ3n) is 5.18. The predicted octanol–water partition coefficient (Wildman–Crippen LogP) is 4.91. The van der Waals surface area contributed by atoms with Crippen molar-refractivity contribution in [1.82, 2.24) is 5.32 Å². The molecule has 1 aliphatic rings. The van der Waals surface area contributed by atoms with Gasteiger partial charge in [0.1, 0.15) is 5.75 Å². The standard InChI is InChI=1S/C23H23NO/c1-16-19(17-8-4-3-5-9-17)12-13-21(25-2)22(16)23-20-11-7-6-10-18(20)14-15-24-23/h3-13,23-24H,14-15H2,1-2H3. The van der Waals surface area contributed by atoms with Crippen LogP contribution >= 0.6 is 0 Å². The lowest BCUT2D eigenvalue weighted by atomic mass is 9.85. The van der Waals surface area contributed by atoms with Gasteiger partial charge in [0.15, 0.2) is 0 Å². The molecule has 2 nitrogen and oxygen atoms in total. The summed E-state index contributed by atoms with van der Waals surface area (Å²) in [6, 6.07) is 23.7. The van der Waals surface area contributed by atoms with Crippen molar-refractivity contribution in [2.24, 2.45) is 0 Å². The molecule has 1 atom stereocenters. The van der Waals surface area contributed by atoms with Crippen LogP contribution in [0.4, 0.5) is 0 Å². The maximum atomic E-state index is 5.75. The summed E-state index contributed by atoms with van der Waals surface area (Å²) in [6.45, 7) is 3.19. The van der Waals surface area contributed by atoms with E-state index < -0.39 is 0 Å². The van der Waals surface area contributed by atoms with E-state index in [1.54, 1.807) is 7.11 Å². The molecule has 0 amide bonds. The van der Waals surface area contributed by atoms with Gasteiger partial charge in [0.25, 0.3) is 0 Å². The van der Waals surface area contributed by atoms with Crippen LogP contribution in [0, 0.1) is 6.92 Å². The van der Waals surface area contributed by atoms with Crippen molar-refractivity contribution in [3.05, 3.63) is 89.0 Å². The van der Waals surface area contributed by atoms with E-state index in [0.29, 0.717) is 0 Å². The fraction of sp³-hybridized carbons (Fsp3) is 0.217. The van der Waals surface area contributed by atoms with Crippen LogP contribution in [-0.2, 0) is 6.42 Å². The number of methoxy groups -OCH3 is 1. The van der Waals surface area contributed by atoms with E-state index in [1.807, 2.05) is 0 Å². The number of hydrogen-bond acceptors (Lipinski definition) is 2. The Labute approximate surface area is 149 Å². The summed E-state index contributed by atoms with van der Waals surface area (Å²) in [5.74, 6) is 0.950. The summed E-state index contributed by atoms with van der Waals surface area (Å²) >= 11 is 0. The Bertz CT molecular complexity index is 886. The molecule has 3 aromatic carbocycles. The summed E-state index contributed by atoms with van der Waals surface area (Å²) in [4.78, 5) is 0. The van der Waals surface area contributed by atoms with Crippen LogP contribution in [0.3, 0.4) is 0 Å². The zero-order chi connectivity index (χ0) is 17.2. The molecule has 0 spiro atoms. The molecule has 3 aromatic rings. The number of hydrogen-bond donors (Lipinski definition) is 1. The molecule has 0 saturated heterocycles. The largest absolute Gasteiger partial charge is 0.496 e. The first-order valence-corrected chi connectivity index (χ1v) is 8.83. The molecule has 0 radical (unpaired) electrons. The topological polar surface area (TPSA) is 21.3 Å². The number of benzene rings is 3. The lowest BCUT2D eigenvalue weighted by Crippen LogP contribution is -2.31. The smallest absolute Gasteiger partial charge is 0.124 e. The molecule has 0 bridgehead atoms. The van der Waals surface area contributed by atoms with Gasteiger partial charge in [0.05, 0.1) is 13.2 Å². The van der Waals surface area contributed by atoms with E-state index in [-0.39, 0.29) is 6.04 Å². The second kappa shape index (κ2) is 6.73. The monoisotopic (exact) mass is 329 g/mol. The molecule has 4 rings (SSSR count). The van der Waals surface area contributed by atoms with Crippen LogP contribution in [0.15, 0.2) is 66.7 Å². The molecule has 0 fully saturated rings. The average Bonchev–Trinajstić information content (AvgIpc) is 2.68. The highest BCUT2D eigenvalue weighted by Crippen LogP contribution is 2.39. The van der Waals surface area contributed by atoms with Crippen LogP contribution in [-0.4, -0.2) is 13.7 Å². The van der Waals surface area contributed by atoms with Crippen molar-refractivity contribution in [2.45, 2.75) is 19.4 Å². The lowest BCUT2D eigenvalue weighted by Gasteiger charge is -2.30. The molecule has 126 valence electrons. The van der Waals surface area contributed by atoms with E-state index in [0.717, 1.165) is 18.7 Å². The summed E-state index contributed by atoms with van der Waals surface area (Å²) in [5, 5.41) is 3.71. The number of fused-ring (bicyclic) bond motifs is 1. The molecule has 0 aromatic heterocycles. The Morgan fingerprint density at radius 2 is 1.68 bits per heavy atom. The van der Waals surface area contributed by atoms with Gasteiger partial charge in [-0.3, -0.25) is 0 Å². The first kappa shape index (κ1) is 15.9. The van der Waals surface area contributed by atoms with Crippen molar-refractivity contribution < 1.29 is 4.74 Å². The van der Waals surface area contributed by atoms with Crippen LogP contribution in [0.25, 0.3) is 11.1 Å². The Balaban J connectivity index is 1.90. The van der Waals surface area contributed by atoms with Gasteiger partial charge in [-0.15, -0.1) is 0 Å². The Morgan fingerprint density at radius 3 is 2.48 bits per heavy atom. The minimum atomic E-state index is 0.170. The highest BCUT2D eigenvalue weighted by atomic mass is 16.5. The minimum absolute atomic E-state index is 0.170. The third kappa shape index (κ3) is 2.83. The predicted molar refractivity (Wildman–Crippen MR) is 103 cm³/mol. The fourth-order valence-electron chi connectivity index (χ4n) is 3.93. The van der Waals surface area contributed by atoms with Gasteiger partial charge in [-0.1, -0.05) is 60.7 Å². The van der Waals surface area contributed by atoms with Gasteiger partial charge < -0.3 is 10.1 Å². The molecule has 1 unspecified atom stereocenters. The zero-order valence-corrected chi connectivity index (χ0v) is 14.8. The molecular weight excluding hydrogens is 306 g/mol. The zero-order valence-electron chi connectivity index (χ0n) is 14.8. The van der Waals surface area contributed by atoms with Crippen molar-refractivity contribution in [3.63, 3.8) is 0 Å². The van der Waals surface area contributed by atoms with Gasteiger partial charge in [-0.2, -0.15) is 0 Å². The Hall–Kier alpha value is -2.58. The third-order valence-corrected chi connectivity index (χ3v) is 5.18. The summed E-state index contributed by atoms with van der Waals surface area (Å²) in [6.07, 6.45) is 1.08. The van der Waals surface area contributed by atoms with Crippen molar-refractivity contribution in [3.8, 4) is 16.9 Å². The van der Waals surface area contributed by atoms with Gasteiger partial charge in [0.2, 0.25) is 0 Å². The normalized spacial score (nSPS) is 16.3. The minimum Gasteiger partial charge on any atom is -0.496 e. The van der Waals surface area contributed by atoms with E-state index in [1.165, 1.54) is 33.4 Å². The maximum absolute atomic E-state index is 5.75. The van der Waals surface area contributed by atoms with E-state index in [2.05, 4.69) is 79.0 Å². The van der Waals surface area contributed by atoms with Crippen LogP contribution < -0.4 is 10.1 Å². The summed E-state index contributed by atoms with van der Waals surface area (Å²) in [7, 11) is 1.76. The van der Waals surface area contributed by atoms with Crippen LogP contribution in [0.5, 0.6) is 5.75 Å². The maximum Gasteiger partial charge on any atom is 0.124 e. The van der Waals surface area contributed by atoms with Crippen molar-refractivity contribution in [2.75, 3.05) is 13.7 Å². The average molecular weight is 329 g/mol. The van der Waals surface area contributed by atoms with Gasteiger partial charge in [-0.05, 0) is 47.2 Å². The van der Waals surface area contributed by atoms with Gasteiger partial charge in [0, 0.05) is 12.1 Å². The first-order chi connectivity index (χ1) is 12.3. The first-order valence-electron chi connectivity index (χ1n) is 8.83. The summed E-state index contributed by atoms with van der Waals surface area (Å²) in [5.41, 5.74) is 7.82. The molecular formula is C23H23NO. The highest BCUT2D eigenvalue weighted by molar-refractivity contribution is 5.71. The van der Waals surface area contributed by atoms with Crippen LogP contribution in [0.2, 0.25) is 0 Å². The second-order valence-electron chi connectivity index (χ2n) is 6.56. The van der Waals surface area contributed by atoms with Crippen molar-refractivity contribution in [1.29, 1.82) is 0 Å². The molecule has 1 aliphatic heterocycles. The SMILES string of the molecule is COc1ccc(-c2ccccc2)c(C)c1C1NCCc2ccccc21. The highest BCUT2D eigenvalue weighted by Gasteiger charge is 2.26. The van der Waals surface area contributed by atoms with E-state index in [4.69, 9.17) is 4.74 Å². The molecule has 1 N–H and O–H groups in total. The molecule has 0 aliphatic carbocycles. The number of rotatable bonds is 3. The molecule has 2 heteroatoms. The van der Waals surface area contributed by atoms with Gasteiger partial charge in [-0.25, -0.2) is 0 Å². The molecule has 1 heterocycles. The summed E-state index contributed by atoms with van der Waals surface area (Å²) < 4.78 is 5.75. The lowest BCUT2D eigenvalue weighted by molar-refractivity contribution is 0.402. The fourth-order valence-corrected chi connectivity index (χ4v) is 3.93.